The fraction of sp³-hybridized carbons (Fsp3) is 0.176. The van der Waals surface area contributed by atoms with E-state index in [-0.39, 0.29) is 0 Å². The van der Waals surface area contributed by atoms with Crippen molar-refractivity contribution in [2.45, 2.75) is 12.8 Å². The van der Waals surface area contributed by atoms with Gasteiger partial charge in [-0.2, -0.15) is 0 Å². The molecule has 3 aromatic heterocycles. The van der Waals surface area contributed by atoms with Gasteiger partial charge in [0.2, 0.25) is 0 Å². The summed E-state index contributed by atoms with van der Waals surface area (Å²) in [5.74, 6) is -1.14. The molecule has 3 aromatic rings. The van der Waals surface area contributed by atoms with E-state index < -0.39 is 11.7 Å². The van der Waals surface area contributed by atoms with Gasteiger partial charge in [0.05, 0.1) is 5.69 Å². The number of aromatic nitrogens is 3. The summed E-state index contributed by atoms with van der Waals surface area (Å²) in [7, 11) is 0. The second-order valence-electron chi connectivity index (χ2n) is 5.30. The van der Waals surface area contributed by atoms with Crippen LogP contribution in [-0.2, 0) is 17.6 Å². The van der Waals surface area contributed by atoms with Crippen molar-refractivity contribution in [1.82, 2.24) is 20.3 Å². The third kappa shape index (κ3) is 3.79. The van der Waals surface area contributed by atoms with E-state index in [0.29, 0.717) is 25.1 Å². The van der Waals surface area contributed by atoms with Crippen LogP contribution in [0.15, 0.2) is 48.8 Å². The summed E-state index contributed by atoms with van der Waals surface area (Å²) in [6, 6.07) is 11.2. The number of hydrogen-bond donors (Lipinski definition) is 4. The fourth-order valence-corrected chi connectivity index (χ4v) is 2.39. The fourth-order valence-electron chi connectivity index (χ4n) is 2.39. The van der Waals surface area contributed by atoms with Gasteiger partial charge in [0.25, 0.3) is 11.7 Å². The first-order valence-corrected chi connectivity index (χ1v) is 7.47. The highest BCUT2D eigenvalue weighted by molar-refractivity contribution is 6.42. The van der Waals surface area contributed by atoms with E-state index in [4.69, 9.17) is 0 Å². The molecule has 0 aliphatic heterocycles. The third-order valence-corrected chi connectivity index (χ3v) is 3.58. The molecular weight excluding hydrogens is 292 g/mol. The standard InChI is InChI=1S/C17H18N4O2/c22-16(17(23)20-10-7-12-3-1-8-18-12)15-6-5-14(21-15)11-13-4-2-9-19-13/h1-6,8-9,18-19,21H,7,10-11H2,(H,20,23). The van der Waals surface area contributed by atoms with Crippen LogP contribution in [0.2, 0.25) is 0 Å². The Morgan fingerprint density at radius 3 is 2.35 bits per heavy atom. The second-order valence-corrected chi connectivity index (χ2v) is 5.30. The number of hydrogen-bond acceptors (Lipinski definition) is 2. The zero-order valence-electron chi connectivity index (χ0n) is 12.6. The molecule has 0 aliphatic carbocycles. The van der Waals surface area contributed by atoms with Crippen LogP contribution < -0.4 is 5.32 Å². The van der Waals surface area contributed by atoms with Gasteiger partial charge >= 0.3 is 0 Å². The van der Waals surface area contributed by atoms with Crippen LogP contribution in [0, 0.1) is 0 Å². The summed E-state index contributed by atoms with van der Waals surface area (Å²) < 4.78 is 0. The highest BCUT2D eigenvalue weighted by atomic mass is 16.2. The molecule has 23 heavy (non-hydrogen) atoms. The van der Waals surface area contributed by atoms with E-state index in [2.05, 4.69) is 20.3 Å². The van der Waals surface area contributed by atoms with Crippen LogP contribution in [0.1, 0.15) is 27.6 Å². The Morgan fingerprint density at radius 1 is 0.913 bits per heavy atom. The maximum absolute atomic E-state index is 12.1. The molecule has 1 amide bonds. The first-order chi connectivity index (χ1) is 11.2. The van der Waals surface area contributed by atoms with Crippen molar-refractivity contribution in [3.05, 3.63) is 71.6 Å². The van der Waals surface area contributed by atoms with Crippen LogP contribution in [0.5, 0.6) is 0 Å². The molecule has 3 rings (SSSR count). The van der Waals surface area contributed by atoms with Crippen molar-refractivity contribution in [3.63, 3.8) is 0 Å². The number of Topliss-reactive ketones (excluding diaryl/α,β-unsaturated/α-hetero) is 1. The summed E-state index contributed by atoms with van der Waals surface area (Å²) in [5.41, 5.74) is 3.26. The first kappa shape index (κ1) is 14.9. The average Bonchev–Trinajstić information content (AvgIpc) is 3.29. The van der Waals surface area contributed by atoms with Crippen LogP contribution in [0.4, 0.5) is 0 Å². The van der Waals surface area contributed by atoms with E-state index >= 15 is 0 Å². The molecule has 3 heterocycles. The van der Waals surface area contributed by atoms with Crippen LogP contribution in [0.25, 0.3) is 0 Å². The Morgan fingerprint density at radius 2 is 1.65 bits per heavy atom. The molecule has 0 saturated carbocycles. The number of carbonyl (C=O) groups excluding carboxylic acids is 2. The third-order valence-electron chi connectivity index (χ3n) is 3.58. The number of ketones is 1. The number of amides is 1. The molecule has 0 aliphatic rings. The molecule has 0 fully saturated rings. The molecule has 0 bridgehead atoms. The molecule has 0 spiro atoms. The Labute approximate surface area is 133 Å². The van der Waals surface area contributed by atoms with Gasteiger partial charge in [-0.1, -0.05) is 0 Å². The smallest absolute Gasteiger partial charge is 0.293 e. The SMILES string of the molecule is O=C(NCCc1ccc[nH]1)C(=O)c1ccc(Cc2ccc[nH]2)[nH]1. The Hall–Kier alpha value is -3.02. The topological polar surface area (TPSA) is 93.5 Å². The Kier molecular flexibility index (Phi) is 4.42. The molecule has 4 N–H and O–H groups in total. The maximum atomic E-state index is 12.1. The Bertz CT molecular complexity index is 770. The van der Waals surface area contributed by atoms with Gasteiger partial charge in [0.15, 0.2) is 0 Å². The van der Waals surface area contributed by atoms with E-state index in [1.54, 1.807) is 6.07 Å². The zero-order chi connectivity index (χ0) is 16.1. The quantitative estimate of drug-likeness (QED) is 0.396. The minimum absolute atomic E-state index is 0.309. The first-order valence-electron chi connectivity index (χ1n) is 7.47. The zero-order valence-corrected chi connectivity index (χ0v) is 12.6. The summed E-state index contributed by atoms with van der Waals surface area (Å²) in [6.07, 6.45) is 5.00. The van der Waals surface area contributed by atoms with E-state index in [9.17, 15) is 9.59 Å². The molecule has 0 saturated heterocycles. The second kappa shape index (κ2) is 6.83. The van der Waals surface area contributed by atoms with Gasteiger partial charge in [-0.05, 0) is 36.4 Å². The monoisotopic (exact) mass is 310 g/mol. The lowest BCUT2D eigenvalue weighted by Crippen LogP contribution is -2.32. The number of nitrogens with one attached hydrogen (secondary N) is 4. The highest BCUT2D eigenvalue weighted by Crippen LogP contribution is 2.08. The maximum Gasteiger partial charge on any atom is 0.293 e. The van der Waals surface area contributed by atoms with E-state index in [0.717, 1.165) is 17.1 Å². The lowest BCUT2D eigenvalue weighted by molar-refractivity contribution is -0.117. The van der Waals surface area contributed by atoms with Crippen molar-refractivity contribution >= 4 is 11.7 Å². The number of carbonyl (C=O) groups is 2. The molecule has 0 atom stereocenters. The molecule has 6 heteroatoms. The molecule has 6 nitrogen and oxygen atoms in total. The van der Waals surface area contributed by atoms with Gasteiger partial charge in [0.1, 0.15) is 0 Å². The van der Waals surface area contributed by atoms with Crippen molar-refractivity contribution in [3.8, 4) is 0 Å². The van der Waals surface area contributed by atoms with Crippen molar-refractivity contribution in [2.24, 2.45) is 0 Å². The summed E-state index contributed by atoms with van der Waals surface area (Å²) in [6.45, 7) is 0.418. The van der Waals surface area contributed by atoms with Crippen LogP contribution in [0.3, 0.4) is 0 Å². The largest absolute Gasteiger partial charge is 0.365 e. The van der Waals surface area contributed by atoms with Gasteiger partial charge in [-0.15, -0.1) is 0 Å². The van der Waals surface area contributed by atoms with Gasteiger partial charge < -0.3 is 20.3 Å². The summed E-state index contributed by atoms with van der Waals surface area (Å²) >= 11 is 0. The molecule has 0 aromatic carbocycles. The predicted octanol–water partition coefficient (Wildman–Crippen LogP) is 1.80. The average molecular weight is 310 g/mol. The van der Waals surface area contributed by atoms with E-state index in [1.807, 2.05) is 42.7 Å². The van der Waals surface area contributed by atoms with Crippen LogP contribution in [-0.4, -0.2) is 33.2 Å². The van der Waals surface area contributed by atoms with E-state index in [1.165, 1.54) is 0 Å². The molecule has 118 valence electrons. The number of rotatable bonds is 7. The van der Waals surface area contributed by atoms with Crippen molar-refractivity contribution < 1.29 is 9.59 Å². The van der Waals surface area contributed by atoms with Gasteiger partial charge in [0, 0.05) is 48.9 Å². The number of aromatic amines is 3. The summed E-state index contributed by atoms with van der Waals surface area (Å²) in [4.78, 5) is 33.1. The minimum atomic E-state index is -0.593. The molecule has 0 unspecified atom stereocenters. The Balaban J connectivity index is 1.52. The minimum Gasteiger partial charge on any atom is -0.365 e. The van der Waals surface area contributed by atoms with Gasteiger partial charge in [-0.3, -0.25) is 9.59 Å². The summed E-state index contributed by atoms with van der Waals surface area (Å²) in [5, 5.41) is 2.64. The normalized spacial score (nSPS) is 10.6. The highest BCUT2D eigenvalue weighted by Gasteiger charge is 2.17. The molecular formula is C17H18N4O2. The van der Waals surface area contributed by atoms with Crippen molar-refractivity contribution in [2.75, 3.05) is 6.54 Å². The van der Waals surface area contributed by atoms with Crippen molar-refractivity contribution in [1.29, 1.82) is 0 Å². The lowest BCUT2D eigenvalue weighted by atomic mass is 10.2. The lowest BCUT2D eigenvalue weighted by Gasteiger charge is -2.02. The molecule has 0 radical (unpaired) electrons. The predicted molar refractivity (Wildman–Crippen MR) is 86.2 cm³/mol. The number of H-pyrrole nitrogens is 3. The van der Waals surface area contributed by atoms with Gasteiger partial charge in [-0.25, -0.2) is 0 Å². The van der Waals surface area contributed by atoms with Crippen LogP contribution >= 0.6 is 0 Å².